The van der Waals surface area contributed by atoms with E-state index in [4.69, 9.17) is 0 Å². The first-order chi connectivity index (χ1) is 7.75. The highest BCUT2D eigenvalue weighted by Gasteiger charge is 2.17. The van der Waals surface area contributed by atoms with Crippen LogP contribution in [-0.4, -0.2) is 42.7 Å². The summed E-state index contributed by atoms with van der Waals surface area (Å²) in [4.78, 5) is 2.35. The third kappa shape index (κ3) is 3.28. The molecule has 2 heterocycles. The number of rotatable bonds is 4. The maximum Gasteiger partial charge on any atom is 0.0922 e. The number of aliphatic hydroxyl groups is 1. The van der Waals surface area contributed by atoms with Crippen molar-refractivity contribution < 1.29 is 5.11 Å². The fourth-order valence-electron chi connectivity index (χ4n) is 2.07. The van der Waals surface area contributed by atoms with Crippen molar-refractivity contribution in [2.24, 2.45) is 0 Å². The van der Waals surface area contributed by atoms with Gasteiger partial charge in [-0.1, -0.05) is 0 Å². The Labute approximate surface area is 101 Å². The number of aliphatic hydroxyl groups excluding tert-OH is 1. The van der Waals surface area contributed by atoms with Gasteiger partial charge in [0.25, 0.3) is 0 Å². The van der Waals surface area contributed by atoms with E-state index in [1.807, 2.05) is 16.8 Å². The topological polar surface area (TPSA) is 35.5 Å². The summed E-state index contributed by atoms with van der Waals surface area (Å²) in [6.45, 7) is 2.99. The Morgan fingerprint density at radius 2 is 2.31 bits per heavy atom. The van der Waals surface area contributed by atoms with Crippen LogP contribution < -0.4 is 5.32 Å². The Morgan fingerprint density at radius 3 is 2.94 bits per heavy atom. The van der Waals surface area contributed by atoms with Gasteiger partial charge >= 0.3 is 0 Å². The Bertz CT molecular complexity index is 294. The fraction of sp³-hybridized carbons (Fsp3) is 0.667. The second-order valence-corrected chi connectivity index (χ2v) is 5.34. The molecule has 3 nitrogen and oxygen atoms in total. The van der Waals surface area contributed by atoms with Gasteiger partial charge < -0.3 is 15.3 Å². The zero-order valence-electron chi connectivity index (χ0n) is 9.72. The van der Waals surface area contributed by atoms with Crippen LogP contribution in [0.2, 0.25) is 0 Å². The molecule has 1 unspecified atom stereocenters. The SMILES string of the molecule is CN1CCC(NCC(O)c2ccsc2)CC1. The van der Waals surface area contributed by atoms with Crippen LogP contribution in [0.15, 0.2) is 16.8 Å². The van der Waals surface area contributed by atoms with Gasteiger partial charge in [0.1, 0.15) is 0 Å². The molecule has 16 heavy (non-hydrogen) atoms. The smallest absolute Gasteiger partial charge is 0.0922 e. The molecule has 2 N–H and O–H groups in total. The van der Waals surface area contributed by atoms with E-state index in [1.54, 1.807) is 11.3 Å². The maximum absolute atomic E-state index is 9.93. The van der Waals surface area contributed by atoms with Crippen LogP contribution >= 0.6 is 11.3 Å². The maximum atomic E-state index is 9.93. The first-order valence-corrected chi connectivity index (χ1v) is 6.82. The number of hydrogen-bond donors (Lipinski definition) is 2. The standard InChI is InChI=1S/C12H20N2OS/c1-14-5-2-11(3-6-14)13-8-12(15)10-4-7-16-9-10/h4,7,9,11-13,15H,2-3,5-6,8H2,1H3. The lowest BCUT2D eigenvalue weighted by Gasteiger charge is -2.30. The lowest BCUT2D eigenvalue weighted by atomic mass is 10.1. The summed E-state index contributed by atoms with van der Waals surface area (Å²) in [5.74, 6) is 0. The van der Waals surface area contributed by atoms with Crippen LogP contribution in [0.4, 0.5) is 0 Å². The second-order valence-electron chi connectivity index (χ2n) is 4.56. The van der Waals surface area contributed by atoms with Crippen LogP contribution in [0, 0.1) is 0 Å². The Kier molecular flexibility index (Phi) is 4.35. The first-order valence-electron chi connectivity index (χ1n) is 5.88. The minimum Gasteiger partial charge on any atom is -0.387 e. The van der Waals surface area contributed by atoms with Crippen molar-refractivity contribution in [2.45, 2.75) is 25.0 Å². The Balaban J connectivity index is 1.71. The van der Waals surface area contributed by atoms with Gasteiger partial charge in [0.2, 0.25) is 0 Å². The molecule has 1 aliphatic rings. The van der Waals surface area contributed by atoms with Crippen molar-refractivity contribution in [3.63, 3.8) is 0 Å². The first kappa shape index (κ1) is 12.0. The molecule has 0 spiro atoms. The van der Waals surface area contributed by atoms with Crippen molar-refractivity contribution in [3.8, 4) is 0 Å². The van der Waals surface area contributed by atoms with Crippen LogP contribution in [-0.2, 0) is 0 Å². The largest absolute Gasteiger partial charge is 0.387 e. The lowest BCUT2D eigenvalue weighted by Crippen LogP contribution is -2.42. The number of hydrogen-bond acceptors (Lipinski definition) is 4. The molecule has 0 amide bonds. The highest BCUT2D eigenvalue weighted by Crippen LogP contribution is 2.16. The highest BCUT2D eigenvalue weighted by molar-refractivity contribution is 7.07. The number of likely N-dealkylation sites (tertiary alicyclic amines) is 1. The van der Waals surface area contributed by atoms with E-state index in [0.29, 0.717) is 12.6 Å². The van der Waals surface area contributed by atoms with Gasteiger partial charge in [-0.25, -0.2) is 0 Å². The molecule has 4 heteroatoms. The summed E-state index contributed by atoms with van der Waals surface area (Å²) in [7, 11) is 2.16. The molecule has 0 radical (unpaired) electrons. The van der Waals surface area contributed by atoms with E-state index >= 15 is 0 Å². The molecule has 0 bridgehead atoms. The minimum atomic E-state index is -0.356. The molecule has 0 saturated carbocycles. The van der Waals surface area contributed by atoms with Crippen LogP contribution in [0.3, 0.4) is 0 Å². The number of nitrogens with one attached hydrogen (secondary N) is 1. The second kappa shape index (κ2) is 5.77. The average Bonchev–Trinajstić information content (AvgIpc) is 2.81. The van der Waals surface area contributed by atoms with Crippen molar-refractivity contribution in [1.29, 1.82) is 0 Å². The molecule has 0 aliphatic carbocycles. The summed E-state index contributed by atoms with van der Waals surface area (Å²) in [6.07, 6.45) is 2.02. The predicted molar refractivity (Wildman–Crippen MR) is 67.8 cm³/mol. The van der Waals surface area contributed by atoms with Gasteiger partial charge in [-0.3, -0.25) is 0 Å². The summed E-state index contributed by atoms with van der Waals surface area (Å²) in [5, 5.41) is 17.4. The monoisotopic (exact) mass is 240 g/mol. The minimum absolute atomic E-state index is 0.356. The van der Waals surface area contributed by atoms with Gasteiger partial charge in [0, 0.05) is 12.6 Å². The molecule has 2 rings (SSSR count). The number of piperidine rings is 1. The third-order valence-electron chi connectivity index (χ3n) is 3.25. The van der Waals surface area contributed by atoms with Crippen molar-refractivity contribution in [1.82, 2.24) is 10.2 Å². The molecule has 1 aromatic rings. The molecule has 1 fully saturated rings. The summed E-state index contributed by atoms with van der Waals surface area (Å²) >= 11 is 1.64. The van der Waals surface area contributed by atoms with Crippen LogP contribution in [0.1, 0.15) is 24.5 Å². The van der Waals surface area contributed by atoms with Gasteiger partial charge in [0.05, 0.1) is 6.10 Å². The van der Waals surface area contributed by atoms with E-state index in [2.05, 4.69) is 17.3 Å². The molecular weight excluding hydrogens is 220 g/mol. The number of thiophene rings is 1. The zero-order valence-corrected chi connectivity index (χ0v) is 10.5. The van der Waals surface area contributed by atoms with Crippen molar-refractivity contribution in [2.75, 3.05) is 26.7 Å². The zero-order chi connectivity index (χ0) is 11.4. The summed E-state index contributed by atoms with van der Waals surface area (Å²) in [5.41, 5.74) is 1.03. The van der Waals surface area contributed by atoms with E-state index in [0.717, 1.165) is 18.7 Å². The Hall–Kier alpha value is -0.420. The molecule has 0 aromatic carbocycles. The highest BCUT2D eigenvalue weighted by atomic mass is 32.1. The summed E-state index contributed by atoms with van der Waals surface area (Å²) in [6, 6.07) is 2.57. The van der Waals surface area contributed by atoms with Crippen molar-refractivity contribution >= 4 is 11.3 Å². The van der Waals surface area contributed by atoms with Gasteiger partial charge in [-0.15, -0.1) is 0 Å². The van der Waals surface area contributed by atoms with Crippen LogP contribution in [0.25, 0.3) is 0 Å². The quantitative estimate of drug-likeness (QED) is 0.836. The molecule has 90 valence electrons. The normalized spacial score (nSPS) is 21.1. The number of nitrogens with zero attached hydrogens (tertiary/aromatic N) is 1. The molecule has 1 aromatic heterocycles. The van der Waals surface area contributed by atoms with Gasteiger partial charge in [0.15, 0.2) is 0 Å². The lowest BCUT2D eigenvalue weighted by molar-refractivity contribution is 0.158. The third-order valence-corrected chi connectivity index (χ3v) is 3.95. The van der Waals surface area contributed by atoms with E-state index < -0.39 is 0 Å². The average molecular weight is 240 g/mol. The fourth-order valence-corrected chi connectivity index (χ4v) is 2.78. The molecule has 1 atom stereocenters. The molecular formula is C12H20N2OS. The predicted octanol–water partition coefficient (Wildman–Crippen LogP) is 1.47. The van der Waals surface area contributed by atoms with E-state index in [9.17, 15) is 5.11 Å². The summed E-state index contributed by atoms with van der Waals surface area (Å²) < 4.78 is 0. The Morgan fingerprint density at radius 1 is 1.56 bits per heavy atom. The molecule has 1 aliphatic heterocycles. The van der Waals surface area contributed by atoms with E-state index in [-0.39, 0.29) is 6.10 Å². The van der Waals surface area contributed by atoms with Crippen LogP contribution in [0.5, 0.6) is 0 Å². The van der Waals surface area contributed by atoms with E-state index in [1.165, 1.54) is 12.8 Å². The van der Waals surface area contributed by atoms with Gasteiger partial charge in [-0.05, 0) is 55.4 Å². The van der Waals surface area contributed by atoms with Gasteiger partial charge in [-0.2, -0.15) is 11.3 Å². The molecule has 1 saturated heterocycles. The van der Waals surface area contributed by atoms with Crippen molar-refractivity contribution in [3.05, 3.63) is 22.4 Å².